The number of likely N-dealkylation sites (N-methyl/N-ethyl adjacent to an activating group) is 1. The van der Waals surface area contributed by atoms with Gasteiger partial charge in [0.1, 0.15) is 0 Å². The van der Waals surface area contributed by atoms with Crippen LogP contribution < -0.4 is 10.6 Å². The van der Waals surface area contributed by atoms with Crippen molar-refractivity contribution in [2.75, 3.05) is 58.0 Å². The summed E-state index contributed by atoms with van der Waals surface area (Å²) in [6, 6.07) is 8.31. The summed E-state index contributed by atoms with van der Waals surface area (Å²) in [5.41, 5.74) is 9.34. The van der Waals surface area contributed by atoms with Gasteiger partial charge in [-0.15, -0.1) is 0 Å². The molecule has 2 N–H and O–H groups in total. The minimum absolute atomic E-state index is 0.136. The van der Waals surface area contributed by atoms with Crippen molar-refractivity contribution in [3.8, 4) is 17.1 Å². The maximum absolute atomic E-state index is 12.1. The van der Waals surface area contributed by atoms with Crippen molar-refractivity contribution in [2.45, 2.75) is 0 Å². The zero-order valence-electron chi connectivity index (χ0n) is 17.5. The van der Waals surface area contributed by atoms with E-state index in [0.29, 0.717) is 17.1 Å². The molecule has 0 radical (unpaired) electrons. The predicted octanol–water partition coefficient (Wildman–Crippen LogP) is 1.37. The first-order chi connectivity index (χ1) is 14.4. The van der Waals surface area contributed by atoms with Crippen LogP contribution in [0.1, 0.15) is 10.4 Å². The van der Waals surface area contributed by atoms with Gasteiger partial charge in [-0.1, -0.05) is 12.1 Å². The second kappa shape index (κ2) is 8.11. The molecule has 2 aromatic heterocycles. The van der Waals surface area contributed by atoms with Crippen molar-refractivity contribution in [1.82, 2.24) is 29.5 Å². The Morgan fingerprint density at radius 3 is 2.43 bits per heavy atom. The van der Waals surface area contributed by atoms with E-state index in [4.69, 9.17) is 5.73 Å². The summed E-state index contributed by atoms with van der Waals surface area (Å²) in [5, 5.41) is 4.24. The first-order valence-corrected chi connectivity index (χ1v) is 9.85. The Balaban J connectivity index is 1.58. The van der Waals surface area contributed by atoms with Gasteiger partial charge < -0.3 is 20.4 Å². The van der Waals surface area contributed by atoms with E-state index in [1.54, 1.807) is 26.5 Å². The Labute approximate surface area is 175 Å². The lowest BCUT2D eigenvalue weighted by Gasteiger charge is -2.34. The standard InChI is InChI=1S/C21H26N8O/c1-26(2)21(30)16-12-24-29(14-16)20-19(22)23-13-18(25-20)15-4-6-17(7-5-15)28-10-8-27(3)9-11-28/h4-7,12-14H,8-11H2,1-3H3,(H2,22,23). The molecule has 4 rings (SSSR count). The lowest BCUT2D eigenvalue weighted by molar-refractivity contribution is 0.0827. The van der Waals surface area contributed by atoms with Crippen molar-refractivity contribution in [2.24, 2.45) is 0 Å². The number of hydrogen-bond acceptors (Lipinski definition) is 7. The van der Waals surface area contributed by atoms with Crippen molar-refractivity contribution in [1.29, 1.82) is 0 Å². The summed E-state index contributed by atoms with van der Waals surface area (Å²) < 4.78 is 1.49. The van der Waals surface area contributed by atoms with Gasteiger partial charge >= 0.3 is 0 Å². The topological polar surface area (TPSA) is 96.4 Å². The lowest BCUT2D eigenvalue weighted by Crippen LogP contribution is -2.44. The molecule has 1 amide bonds. The first-order valence-electron chi connectivity index (χ1n) is 9.85. The highest BCUT2D eigenvalue weighted by Gasteiger charge is 2.16. The van der Waals surface area contributed by atoms with Crippen LogP contribution in [-0.4, -0.2) is 82.8 Å². The fourth-order valence-electron chi connectivity index (χ4n) is 3.41. The van der Waals surface area contributed by atoms with E-state index in [-0.39, 0.29) is 11.7 Å². The minimum Gasteiger partial charge on any atom is -0.381 e. The van der Waals surface area contributed by atoms with Crippen molar-refractivity contribution in [3.05, 3.63) is 48.4 Å². The van der Waals surface area contributed by atoms with Gasteiger partial charge in [0.05, 0.1) is 23.7 Å². The normalized spacial score (nSPS) is 14.7. The number of hydrogen-bond donors (Lipinski definition) is 1. The molecule has 0 unspecified atom stereocenters. The van der Waals surface area contributed by atoms with Gasteiger partial charge in [0, 0.05) is 57.7 Å². The molecule has 0 bridgehead atoms. The quantitative estimate of drug-likeness (QED) is 0.699. The van der Waals surface area contributed by atoms with Crippen molar-refractivity contribution in [3.63, 3.8) is 0 Å². The number of nitrogen functional groups attached to an aromatic ring is 1. The van der Waals surface area contributed by atoms with E-state index in [1.165, 1.54) is 21.5 Å². The monoisotopic (exact) mass is 406 g/mol. The van der Waals surface area contributed by atoms with Crippen LogP contribution in [-0.2, 0) is 0 Å². The SMILES string of the molecule is CN1CCN(c2ccc(-c3cnc(N)c(-n4cc(C(=O)N(C)C)cn4)n3)cc2)CC1. The van der Waals surface area contributed by atoms with Crippen LogP contribution in [0.4, 0.5) is 11.5 Å². The van der Waals surface area contributed by atoms with Gasteiger partial charge in [-0.2, -0.15) is 5.10 Å². The molecule has 30 heavy (non-hydrogen) atoms. The maximum atomic E-state index is 12.1. The molecule has 0 aliphatic carbocycles. The number of carbonyl (C=O) groups is 1. The van der Waals surface area contributed by atoms with Crippen molar-refractivity contribution >= 4 is 17.4 Å². The molecule has 9 nitrogen and oxygen atoms in total. The molecule has 1 aromatic carbocycles. The molecular formula is C21H26N8O. The average Bonchev–Trinajstić information content (AvgIpc) is 3.24. The number of aromatic nitrogens is 4. The smallest absolute Gasteiger partial charge is 0.256 e. The molecule has 1 saturated heterocycles. The summed E-state index contributed by atoms with van der Waals surface area (Å²) in [7, 11) is 5.54. The molecule has 3 aromatic rings. The highest BCUT2D eigenvalue weighted by atomic mass is 16.2. The Hall–Kier alpha value is -3.46. The molecule has 9 heteroatoms. The predicted molar refractivity (Wildman–Crippen MR) is 117 cm³/mol. The average molecular weight is 406 g/mol. The third-order valence-electron chi connectivity index (χ3n) is 5.27. The molecule has 1 aliphatic rings. The second-order valence-electron chi connectivity index (χ2n) is 7.67. The number of carbonyl (C=O) groups excluding carboxylic acids is 1. The molecule has 3 heterocycles. The largest absolute Gasteiger partial charge is 0.381 e. The number of rotatable bonds is 4. The van der Waals surface area contributed by atoms with Crippen LogP contribution in [0.25, 0.3) is 17.1 Å². The number of piperazine rings is 1. The number of anilines is 2. The Kier molecular flexibility index (Phi) is 5.37. The van der Waals surface area contributed by atoms with E-state index in [2.05, 4.69) is 44.0 Å². The third-order valence-corrected chi connectivity index (χ3v) is 5.27. The van der Waals surface area contributed by atoms with Crippen LogP contribution in [0.2, 0.25) is 0 Å². The van der Waals surface area contributed by atoms with Gasteiger partial charge in [-0.25, -0.2) is 14.6 Å². The van der Waals surface area contributed by atoms with E-state index in [9.17, 15) is 4.79 Å². The third kappa shape index (κ3) is 3.97. The molecule has 0 atom stereocenters. The van der Waals surface area contributed by atoms with Gasteiger partial charge in [0.2, 0.25) is 0 Å². The molecule has 1 aliphatic heterocycles. The highest BCUT2D eigenvalue weighted by molar-refractivity contribution is 5.93. The van der Waals surface area contributed by atoms with Crippen LogP contribution in [0.3, 0.4) is 0 Å². The van der Waals surface area contributed by atoms with Crippen LogP contribution >= 0.6 is 0 Å². The van der Waals surface area contributed by atoms with Gasteiger partial charge in [-0.3, -0.25) is 4.79 Å². The fraction of sp³-hybridized carbons (Fsp3) is 0.333. The number of benzene rings is 1. The Morgan fingerprint density at radius 2 is 1.77 bits per heavy atom. The zero-order valence-corrected chi connectivity index (χ0v) is 17.5. The minimum atomic E-state index is -0.136. The van der Waals surface area contributed by atoms with Crippen LogP contribution in [0.15, 0.2) is 42.9 Å². The van der Waals surface area contributed by atoms with Crippen LogP contribution in [0, 0.1) is 0 Å². The molecule has 1 fully saturated rings. The van der Waals surface area contributed by atoms with Crippen molar-refractivity contribution < 1.29 is 4.79 Å². The molecule has 0 saturated carbocycles. The van der Waals surface area contributed by atoms with E-state index < -0.39 is 0 Å². The zero-order chi connectivity index (χ0) is 21.3. The number of amides is 1. The molecule has 0 spiro atoms. The van der Waals surface area contributed by atoms with Crippen LogP contribution in [0.5, 0.6) is 0 Å². The fourth-order valence-corrected chi connectivity index (χ4v) is 3.41. The summed E-state index contributed by atoms with van der Waals surface area (Å²) in [6.07, 6.45) is 4.77. The first kappa shape index (κ1) is 19.8. The van der Waals surface area contributed by atoms with Gasteiger partial charge in [-0.05, 0) is 19.2 Å². The highest BCUT2D eigenvalue weighted by Crippen LogP contribution is 2.24. The van der Waals surface area contributed by atoms with Gasteiger partial charge in [0.15, 0.2) is 11.6 Å². The Morgan fingerprint density at radius 1 is 1.07 bits per heavy atom. The van der Waals surface area contributed by atoms with E-state index in [1.807, 2.05) is 12.1 Å². The molecule has 156 valence electrons. The van der Waals surface area contributed by atoms with E-state index in [0.717, 1.165) is 31.7 Å². The number of nitrogens with zero attached hydrogens (tertiary/aromatic N) is 7. The maximum Gasteiger partial charge on any atom is 0.256 e. The summed E-state index contributed by atoms with van der Waals surface area (Å²) in [6.45, 7) is 4.18. The lowest BCUT2D eigenvalue weighted by atomic mass is 10.1. The summed E-state index contributed by atoms with van der Waals surface area (Å²) in [5.74, 6) is 0.511. The van der Waals surface area contributed by atoms with Gasteiger partial charge in [0.25, 0.3) is 5.91 Å². The second-order valence-corrected chi connectivity index (χ2v) is 7.67. The Bertz CT molecular complexity index is 1040. The summed E-state index contributed by atoms with van der Waals surface area (Å²) >= 11 is 0. The molecular weight excluding hydrogens is 380 g/mol. The van der Waals surface area contributed by atoms with E-state index >= 15 is 0 Å². The summed E-state index contributed by atoms with van der Waals surface area (Å²) in [4.78, 5) is 27.3. The number of nitrogens with two attached hydrogens (primary N) is 1.